The zero-order valence-electron chi connectivity index (χ0n) is 21.1. The highest BCUT2D eigenvalue weighted by molar-refractivity contribution is 5.95. The van der Waals surface area contributed by atoms with Crippen molar-refractivity contribution >= 4 is 18.1 Å². The highest BCUT2D eigenvalue weighted by atomic mass is 16.5. The van der Waals surface area contributed by atoms with E-state index in [2.05, 4.69) is 27.2 Å². The minimum Gasteiger partial charge on any atom is -0.494 e. The van der Waals surface area contributed by atoms with E-state index in [4.69, 9.17) is 9.47 Å². The summed E-state index contributed by atoms with van der Waals surface area (Å²) in [7, 11) is 0. The van der Waals surface area contributed by atoms with Gasteiger partial charge >= 0.3 is 5.97 Å². The van der Waals surface area contributed by atoms with Gasteiger partial charge in [0, 0.05) is 22.6 Å². The van der Waals surface area contributed by atoms with Gasteiger partial charge in [0.25, 0.3) is 5.91 Å². The number of hydrogen-bond acceptors (Lipinski definition) is 5. The molecule has 7 nitrogen and oxygen atoms in total. The molecular formula is C30H29N3O4. The number of carbonyl (C=O) groups is 2. The summed E-state index contributed by atoms with van der Waals surface area (Å²) in [5.41, 5.74) is 7.49. The number of esters is 1. The van der Waals surface area contributed by atoms with Gasteiger partial charge in [0.15, 0.2) is 0 Å². The number of rotatable bonds is 9. The molecule has 0 fully saturated rings. The fourth-order valence-corrected chi connectivity index (χ4v) is 3.76. The van der Waals surface area contributed by atoms with Crippen LogP contribution < -0.4 is 14.9 Å². The van der Waals surface area contributed by atoms with Gasteiger partial charge in [0.1, 0.15) is 11.5 Å². The van der Waals surface area contributed by atoms with Crippen LogP contribution >= 0.6 is 0 Å². The van der Waals surface area contributed by atoms with Gasteiger partial charge in [0.2, 0.25) is 0 Å². The molecule has 0 saturated heterocycles. The molecule has 7 heteroatoms. The SMILES string of the molecule is CCCOc1ccc(C(=O)Oc2ccc(/C=N\NC(=O)c3ccc(-n4c(C)ccc4C)cc3)cc2)cc1. The molecule has 0 atom stereocenters. The molecule has 1 heterocycles. The van der Waals surface area contributed by atoms with E-state index in [0.717, 1.165) is 29.1 Å². The molecule has 37 heavy (non-hydrogen) atoms. The first-order chi connectivity index (χ1) is 17.9. The molecule has 1 N–H and O–H groups in total. The molecule has 0 saturated carbocycles. The van der Waals surface area contributed by atoms with Crippen LogP contribution in [0.5, 0.6) is 11.5 Å². The molecule has 3 aromatic carbocycles. The van der Waals surface area contributed by atoms with E-state index in [1.165, 1.54) is 6.21 Å². The second kappa shape index (κ2) is 11.9. The van der Waals surface area contributed by atoms with Crippen LogP contribution in [0, 0.1) is 13.8 Å². The fraction of sp³-hybridized carbons (Fsp3) is 0.167. The lowest BCUT2D eigenvalue weighted by Gasteiger charge is -2.10. The summed E-state index contributed by atoms with van der Waals surface area (Å²) in [6.07, 6.45) is 2.44. The van der Waals surface area contributed by atoms with Gasteiger partial charge in [-0.3, -0.25) is 4.79 Å². The maximum Gasteiger partial charge on any atom is 0.343 e. The molecule has 1 aromatic heterocycles. The highest BCUT2D eigenvalue weighted by Crippen LogP contribution is 2.18. The van der Waals surface area contributed by atoms with E-state index in [-0.39, 0.29) is 5.91 Å². The number of hydrazone groups is 1. The number of aromatic nitrogens is 1. The van der Waals surface area contributed by atoms with Crippen LogP contribution in [0.4, 0.5) is 0 Å². The number of nitrogens with zero attached hydrogens (tertiary/aromatic N) is 2. The molecule has 0 spiro atoms. The molecule has 4 aromatic rings. The van der Waals surface area contributed by atoms with Crippen LogP contribution in [0.3, 0.4) is 0 Å². The third-order valence-electron chi connectivity index (χ3n) is 5.69. The van der Waals surface area contributed by atoms with E-state index in [1.54, 1.807) is 60.7 Å². The smallest absolute Gasteiger partial charge is 0.343 e. The van der Waals surface area contributed by atoms with Crippen LogP contribution in [-0.4, -0.2) is 29.3 Å². The predicted octanol–water partition coefficient (Wildman–Crippen LogP) is 5.87. The van der Waals surface area contributed by atoms with E-state index in [1.807, 2.05) is 32.9 Å². The Morgan fingerprint density at radius 1 is 0.811 bits per heavy atom. The Balaban J connectivity index is 1.29. The molecule has 4 rings (SSSR count). The normalized spacial score (nSPS) is 10.9. The van der Waals surface area contributed by atoms with Crippen LogP contribution in [0.15, 0.2) is 90.0 Å². The summed E-state index contributed by atoms with van der Waals surface area (Å²) in [6, 6.07) is 25.2. The third-order valence-corrected chi connectivity index (χ3v) is 5.69. The summed E-state index contributed by atoms with van der Waals surface area (Å²) < 4.78 is 13.1. The fourth-order valence-electron chi connectivity index (χ4n) is 3.76. The molecule has 0 aliphatic carbocycles. The average Bonchev–Trinajstić information content (AvgIpc) is 3.26. The zero-order chi connectivity index (χ0) is 26.2. The van der Waals surface area contributed by atoms with Crippen LogP contribution in [0.25, 0.3) is 5.69 Å². The van der Waals surface area contributed by atoms with Gasteiger partial charge in [-0.25, -0.2) is 10.2 Å². The first kappa shape index (κ1) is 25.4. The summed E-state index contributed by atoms with van der Waals surface area (Å²) in [4.78, 5) is 24.8. The molecule has 0 bridgehead atoms. The number of carbonyl (C=O) groups excluding carboxylic acids is 2. The molecule has 188 valence electrons. The predicted molar refractivity (Wildman–Crippen MR) is 144 cm³/mol. The molecule has 0 aliphatic rings. The number of benzene rings is 3. The largest absolute Gasteiger partial charge is 0.494 e. The first-order valence-corrected chi connectivity index (χ1v) is 12.1. The minimum atomic E-state index is -0.455. The van der Waals surface area contributed by atoms with Crippen molar-refractivity contribution in [3.63, 3.8) is 0 Å². The van der Waals surface area contributed by atoms with Gasteiger partial charge < -0.3 is 14.0 Å². The Hall–Kier alpha value is -4.65. The Bertz CT molecular complexity index is 1370. The lowest BCUT2D eigenvalue weighted by atomic mass is 10.2. The molecule has 0 aliphatic heterocycles. The monoisotopic (exact) mass is 495 g/mol. The van der Waals surface area contributed by atoms with Crippen molar-refractivity contribution < 1.29 is 19.1 Å². The molecule has 1 amide bonds. The van der Waals surface area contributed by atoms with Crippen molar-refractivity contribution in [3.05, 3.63) is 113 Å². The third kappa shape index (κ3) is 6.52. The van der Waals surface area contributed by atoms with Crippen LogP contribution in [-0.2, 0) is 0 Å². The van der Waals surface area contributed by atoms with Crippen LogP contribution in [0.2, 0.25) is 0 Å². The Labute approximate surface area is 216 Å². The second-order valence-corrected chi connectivity index (χ2v) is 8.53. The Morgan fingerprint density at radius 2 is 1.41 bits per heavy atom. The van der Waals surface area contributed by atoms with E-state index < -0.39 is 5.97 Å². The van der Waals surface area contributed by atoms with Crippen molar-refractivity contribution in [2.24, 2.45) is 5.10 Å². The zero-order valence-corrected chi connectivity index (χ0v) is 21.1. The summed E-state index contributed by atoms with van der Waals surface area (Å²) >= 11 is 0. The van der Waals surface area contributed by atoms with Gasteiger partial charge in [-0.1, -0.05) is 6.92 Å². The average molecular weight is 496 g/mol. The van der Waals surface area contributed by atoms with Gasteiger partial charge in [-0.15, -0.1) is 0 Å². The van der Waals surface area contributed by atoms with E-state index in [9.17, 15) is 9.59 Å². The first-order valence-electron chi connectivity index (χ1n) is 12.1. The van der Waals surface area contributed by atoms with Crippen molar-refractivity contribution in [3.8, 4) is 17.2 Å². The molecule has 0 radical (unpaired) electrons. The number of aryl methyl sites for hydroxylation is 2. The number of hydrogen-bond donors (Lipinski definition) is 1. The standard InChI is InChI=1S/C30H29N3O4/c1-4-19-36-27-17-11-25(12-18-27)30(35)37-28-15-7-23(8-16-28)20-31-32-29(34)24-9-13-26(14-10-24)33-21(2)5-6-22(33)3/h5-18,20H,4,19H2,1-3H3,(H,32,34)/b31-20-. The van der Waals surface area contributed by atoms with Crippen molar-refractivity contribution in [2.75, 3.05) is 6.61 Å². The Morgan fingerprint density at radius 3 is 2.03 bits per heavy atom. The van der Waals surface area contributed by atoms with Gasteiger partial charge in [-0.2, -0.15) is 5.10 Å². The Kier molecular flexibility index (Phi) is 8.15. The topological polar surface area (TPSA) is 81.9 Å². The van der Waals surface area contributed by atoms with Gasteiger partial charge in [0.05, 0.1) is 18.4 Å². The number of ether oxygens (including phenoxy) is 2. The summed E-state index contributed by atoms with van der Waals surface area (Å²) in [6.45, 7) is 6.75. The minimum absolute atomic E-state index is 0.305. The van der Waals surface area contributed by atoms with Gasteiger partial charge in [-0.05, 0) is 111 Å². The maximum atomic E-state index is 12.5. The molecule has 0 unspecified atom stereocenters. The lowest BCUT2D eigenvalue weighted by Crippen LogP contribution is -2.17. The number of amides is 1. The van der Waals surface area contributed by atoms with Crippen molar-refractivity contribution in [2.45, 2.75) is 27.2 Å². The van der Waals surface area contributed by atoms with E-state index >= 15 is 0 Å². The molecular weight excluding hydrogens is 466 g/mol. The van der Waals surface area contributed by atoms with Crippen molar-refractivity contribution in [1.82, 2.24) is 9.99 Å². The van der Waals surface area contributed by atoms with E-state index in [0.29, 0.717) is 29.2 Å². The highest BCUT2D eigenvalue weighted by Gasteiger charge is 2.10. The quantitative estimate of drug-likeness (QED) is 0.136. The maximum absolute atomic E-state index is 12.5. The lowest BCUT2D eigenvalue weighted by molar-refractivity contribution is 0.0734. The summed E-state index contributed by atoms with van der Waals surface area (Å²) in [5, 5.41) is 4.04. The second-order valence-electron chi connectivity index (χ2n) is 8.53. The van der Waals surface area contributed by atoms with Crippen LogP contribution in [0.1, 0.15) is 51.0 Å². The van der Waals surface area contributed by atoms with Crippen molar-refractivity contribution in [1.29, 1.82) is 0 Å². The summed E-state index contributed by atoms with van der Waals surface area (Å²) in [5.74, 6) is 0.364. The number of nitrogens with one attached hydrogen (secondary N) is 1.